The van der Waals surface area contributed by atoms with Crippen LogP contribution in [-0.4, -0.2) is 85.3 Å². The van der Waals surface area contributed by atoms with Crippen LogP contribution < -0.4 is 4.90 Å². The highest BCUT2D eigenvalue weighted by molar-refractivity contribution is 7.18. The minimum Gasteiger partial charge on any atom is -0.476 e. The van der Waals surface area contributed by atoms with Crippen LogP contribution in [0.5, 0.6) is 0 Å². The second kappa shape index (κ2) is 13.2. The Morgan fingerprint density at radius 3 is 2.49 bits per heavy atom. The maximum atomic E-state index is 12.9. The molecule has 288 valence electrons. The molecule has 1 aliphatic heterocycles. The summed E-state index contributed by atoms with van der Waals surface area (Å²) in [6.07, 6.45) is 11.1. The molecule has 55 heavy (non-hydrogen) atoms. The monoisotopic (exact) mass is 760 g/mol. The summed E-state index contributed by atoms with van der Waals surface area (Å²) in [7, 11) is 4.21. The number of likely N-dealkylation sites (N-methyl/N-ethyl adjacent to an activating group) is 1. The minimum absolute atomic E-state index is 0.0208. The lowest BCUT2D eigenvalue weighted by atomic mass is 9.39. The van der Waals surface area contributed by atoms with Crippen molar-refractivity contribution >= 4 is 39.2 Å². The first-order valence-electron chi connectivity index (χ1n) is 19.8. The number of anilines is 2. The number of benzene rings is 1. The molecule has 5 aromatic rings. The van der Waals surface area contributed by atoms with Gasteiger partial charge in [-0.2, -0.15) is 10.2 Å². The molecule has 1 aromatic carbocycles. The predicted molar refractivity (Wildman–Crippen MR) is 215 cm³/mol. The minimum atomic E-state index is -1.06. The van der Waals surface area contributed by atoms with Gasteiger partial charge in [-0.3, -0.25) is 4.68 Å². The molecule has 0 amide bonds. The van der Waals surface area contributed by atoms with Crippen molar-refractivity contribution < 1.29 is 14.6 Å². The predicted octanol–water partition coefficient (Wildman–Crippen LogP) is 8.03. The van der Waals surface area contributed by atoms with E-state index in [0.717, 1.165) is 96.2 Å². The molecule has 4 fully saturated rings. The highest BCUT2D eigenvalue weighted by Gasteiger charge is 2.66. The van der Waals surface area contributed by atoms with E-state index < -0.39 is 5.97 Å². The first-order valence-corrected chi connectivity index (χ1v) is 20.6. The largest absolute Gasteiger partial charge is 0.476 e. The van der Waals surface area contributed by atoms with Crippen LogP contribution in [0.2, 0.25) is 0 Å². The van der Waals surface area contributed by atoms with E-state index in [1.54, 1.807) is 11.3 Å². The molecule has 2 unspecified atom stereocenters. The number of carbonyl (C=O) groups is 1. The molecule has 0 radical (unpaired) electrons. The maximum absolute atomic E-state index is 12.9. The summed E-state index contributed by atoms with van der Waals surface area (Å²) in [5.74, 6) is 0.252. The van der Waals surface area contributed by atoms with Crippen LogP contribution >= 0.6 is 11.3 Å². The number of aromatic nitrogens is 6. The molecule has 0 spiro atoms. The number of fused-ring (bicyclic) bond motifs is 2. The van der Waals surface area contributed by atoms with Crippen molar-refractivity contribution in [1.29, 1.82) is 0 Å². The lowest BCUT2D eigenvalue weighted by Gasteiger charge is -2.69. The Bertz CT molecular complexity index is 2260. The molecule has 5 heterocycles. The van der Waals surface area contributed by atoms with Gasteiger partial charge in [-0.05, 0) is 125 Å². The molecule has 4 aromatic heterocycles. The molecule has 11 nitrogen and oxygen atoms in total. The topological polar surface area (TPSA) is 122 Å². The summed E-state index contributed by atoms with van der Waals surface area (Å²) >= 11 is 1.69. The zero-order valence-electron chi connectivity index (χ0n) is 33.0. The normalized spacial score (nSPS) is 27.0. The van der Waals surface area contributed by atoms with E-state index in [-0.39, 0.29) is 27.5 Å². The number of carboxylic acids is 1. The maximum Gasteiger partial charge on any atom is 0.355 e. The van der Waals surface area contributed by atoms with E-state index in [9.17, 15) is 9.90 Å². The molecule has 2 atom stereocenters. The third-order valence-electron chi connectivity index (χ3n) is 13.0. The molecular formula is C43H52N8O3S. The number of aromatic carboxylic acids is 1. The summed E-state index contributed by atoms with van der Waals surface area (Å²) in [6, 6.07) is 12.0. The number of rotatable bonds is 11. The van der Waals surface area contributed by atoms with Gasteiger partial charge in [-0.25, -0.2) is 14.8 Å². The van der Waals surface area contributed by atoms with Crippen LogP contribution in [0.3, 0.4) is 0 Å². The lowest BCUT2D eigenvalue weighted by Crippen LogP contribution is -2.64. The van der Waals surface area contributed by atoms with Gasteiger partial charge in [0.05, 0.1) is 39.3 Å². The van der Waals surface area contributed by atoms with Crippen LogP contribution in [0.4, 0.5) is 11.6 Å². The molecule has 10 rings (SSSR count). The fraction of sp³-hybridized carbons (Fsp3) is 0.535. The number of ether oxygens (including phenoxy) is 1. The van der Waals surface area contributed by atoms with Gasteiger partial charge in [-0.1, -0.05) is 26.0 Å². The van der Waals surface area contributed by atoms with Crippen molar-refractivity contribution in [2.45, 2.75) is 97.6 Å². The van der Waals surface area contributed by atoms with Crippen molar-refractivity contribution in [2.75, 3.05) is 38.7 Å². The Morgan fingerprint density at radius 2 is 1.75 bits per heavy atom. The Kier molecular flexibility index (Phi) is 8.71. The number of hydrogen-bond acceptors (Lipinski definition) is 10. The van der Waals surface area contributed by atoms with E-state index in [0.29, 0.717) is 24.3 Å². The molecule has 12 heteroatoms. The second-order valence-electron chi connectivity index (χ2n) is 18.3. The third kappa shape index (κ3) is 6.53. The van der Waals surface area contributed by atoms with Crippen molar-refractivity contribution in [2.24, 2.45) is 16.2 Å². The summed E-state index contributed by atoms with van der Waals surface area (Å²) < 4.78 is 10.2. The summed E-state index contributed by atoms with van der Waals surface area (Å²) in [4.78, 5) is 26.8. The van der Waals surface area contributed by atoms with Gasteiger partial charge in [-0.15, -0.1) is 16.4 Å². The van der Waals surface area contributed by atoms with E-state index in [1.165, 1.54) is 24.0 Å². The zero-order valence-corrected chi connectivity index (χ0v) is 33.8. The number of hydrogen-bond donors (Lipinski definition) is 1. The molecule has 1 N–H and O–H groups in total. The zero-order chi connectivity index (χ0) is 38.3. The number of carboxylic acid groups (broad SMARTS) is 1. The SMILES string of the molecule is Cc1c(Cc2nc3ccccc3s2)nnc2c1CCCN2c1ccc(-c2cnn(CC34CC5(C)CC(C)(C3)CC(OCCN(C)C)(C5)C4)c2C)c(C(=O)O)n1. The Hall–Kier alpha value is -4.26. The van der Waals surface area contributed by atoms with Gasteiger partial charge >= 0.3 is 5.97 Å². The van der Waals surface area contributed by atoms with Gasteiger partial charge in [0.1, 0.15) is 5.82 Å². The molecular weight excluding hydrogens is 709 g/mol. The standard InChI is InChI=1S/C43H52N8O3S/c1-27-29-10-9-15-50(38(29)48-47-33(27)18-36-45-32-11-7-8-12-34(32)55-36)35-14-13-30(37(46-35)39(52)53)31-19-44-51(28(31)2)26-42-21-40(3)20-41(4,22-42)24-43(23-40,25-42)54-17-16-49(5)6/h7-8,11-14,19H,9-10,15-18,20-26H2,1-6H3,(H,52,53). The number of pyridine rings is 1. The van der Waals surface area contributed by atoms with Gasteiger partial charge in [0.25, 0.3) is 0 Å². The summed E-state index contributed by atoms with van der Waals surface area (Å²) in [6.45, 7) is 12.3. The fourth-order valence-corrected chi connectivity index (χ4v) is 12.9. The van der Waals surface area contributed by atoms with E-state index in [4.69, 9.17) is 30.0 Å². The molecule has 4 saturated carbocycles. The van der Waals surface area contributed by atoms with E-state index in [1.807, 2.05) is 41.4 Å². The van der Waals surface area contributed by atoms with Crippen molar-refractivity contribution in [1.82, 2.24) is 34.8 Å². The molecule has 0 saturated heterocycles. The summed E-state index contributed by atoms with van der Waals surface area (Å²) in [5, 5.41) is 25.9. The second-order valence-corrected chi connectivity index (χ2v) is 19.4. The number of thiazole rings is 1. The van der Waals surface area contributed by atoms with E-state index in [2.05, 4.69) is 57.4 Å². The first kappa shape index (κ1) is 36.4. The van der Waals surface area contributed by atoms with Gasteiger partial charge in [0.15, 0.2) is 11.5 Å². The highest BCUT2D eigenvalue weighted by Crippen LogP contribution is 2.72. The van der Waals surface area contributed by atoms with E-state index >= 15 is 0 Å². The van der Waals surface area contributed by atoms with Crippen LogP contribution in [0, 0.1) is 30.1 Å². The van der Waals surface area contributed by atoms with Crippen LogP contribution in [0.15, 0.2) is 42.6 Å². The van der Waals surface area contributed by atoms with Crippen LogP contribution in [0.1, 0.15) is 96.8 Å². The average molecular weight is 761 g/mol. The van der Waals surface area contributed by atoms with Gasteiger partial charge in [0.2, 0.25) is 0 Å². The molecule has 5 aliphatic rings. The quantitative estimate of drug-likeness (QED) is 0.142. The number of nitrogens with zero attached hydrogens (tertiary/aromatic N) is 8. The molecule has 4 aliphatic carbocycles. The summed E-state index contributed by atoms with van der Waals surface area (Å²) in [5.41, 5.74) is 7.03. The van der Waals surface area contributed by atoms with Crippen molar-refractivity contribution in [3.8, 4) is 11.1 Å². The van der Waals surface area contributed by atoms with Crippen molar-refractivity contribution in [3.05, 3.63) is 75.8 Å². The van der Waals surface area contributed by atoms with Crippen LogP contribution in [0.25, 0.3) is 21.3 Å². The van der Waals surface area contributed by atoms with Crippen LogP contribution in [-0.2, 0) is 24.1 Å². The Balaban J connectivity index is 0.985. The Morgan fingerprint density at radius 1 is 0.964 bits per heavy atom. The van der Waals surface area contributed by atoms with Crippen molar-refractivity contribution in [3.63, 3.8) is 0 Å². The third-order valence-corrected chi connectivity index (χ3v) is 14.0. The Labute approximate surface area is 327 Å². The number of para-hydroxylation sites is 1. The first-order chi connectivity index (χ1) is 26.2. The van der Waals surface area contributed by atoms with Gasteiger partial charge in [0, 0.05) is 48.4 Å². The fourth-order valence-electron chi connectivity index (χ4n) is 11.9. The molecule has 4 bridgehead atoms. The average Bonchev–Trinajstić information content (AvgIpc) is 3.69. The highest BCUT2D eigenvalue weighted by atomic mass is 32.1. The smallest absolute Gasteiger partial charge is 0.355 e. The van der Waals surface area contributed by atoms with Gasteiger partial charge < -0.3 is 19.6 Å². The lowest BCUT2D eigenvalue weighted by molar-refractivity contribution is -0.248.